The van der Waals surface area contributed by atoms with Gasteiger partial charge in [0.25, 0.3) is 11.8 Å². The Bertz CT molecular complexity index is 1080. The molecule has 0 bridgehead atoms. The van der Waals surface area contributed by atoms with Gasteiger partial charge in [-0.25, -0.2) is 13.7 Å². The number of rotatable bonds is 7. The van der Waals surface area contributed by atoms with Crippen LogP contribution in [0.25, 0.3) is 5.57 Å². The predicted octanol–water partition coefficient (Wildman–Crippen LogP) is 2.26. The Morgan fingerprint density at radius 2 is 1.67 bits per heavy atom. The fourth-order valence-electron chi connectivity index (χ4n) is 4.17. The molecule has 0 aliphatic carbocycles. The molecule has 2 amide bonds. The Morgan fingerprint density at radius 3 is 2.30 bits per heavy atom. The molecule has 0 aromatic heterocycles. The lowest BCUT2D eigenvalue weighted by atomic mass is 10.0. The Labute approximate surface area is 190 Å². The highest BCUT2D eigenvalue weighted by Gasteiger charge is 2.44. The number of hydrogen-bond acceptors (Lipinski definition) is 6. The minimum Gasteiger partial charge on any atom is -0.494 e. The summed E-state index contributed by atoms with van der Waals surface area (Å²) in [7, 11) is 0. The molecule has 2 aromatic rings. The molecule has 0 unspecified atom stereocenters. The maximum atomic E-state index is 14.5. The largest absolute Gasteiger partial charge is 0.494 e. The van der Waals surface area contributed by atoms with Crippen LogP contribution >= 0.6 is 0 Å². The van der Waals surface area contributed by atoms with Crippen molar-refractivity contribution in [1.82, 2.24) is 9.80 Å². The van der Waals surface area contributed by atoms with E-state index in [2.05, 4.69) is 4.90 Å². The van der Waals surface area contributed by atoms with Crippen molar-refractivity contribution in [2.45, 2.75) is 6.92 Å². The Hall–Kier alpha value is -3.30. The van der Waals surface area contributed by atoms with Gasteiger partial charge in [-0.15, -0.1) is 0 Å². The van der Waals surface area contributed by atoms with Crippen LogP contribution in [0.1, 0.15) is 12.5 Å². The lowest BCUT2D eigenvalue weighted by molar-refractivity contribution is -0.120. The molecule has 4 rings (SSSR count). The number of β-amino-alcohol motifs (C(OH)–C–C–N with tert-alkyl or cyclic N) is 1. The van der Waals surface area contributed by atoms with Gasteiger partial charge in [-0.3, -0.25) is 14.5 Å². The van der Waals surface area contributed by atoms with E-state index < -0.39 is 29.1 Å². The standard InChI is InChI=1S/C24H25F2N3O4/c1-2-33-18-6-3-16(4-7-18)21-22(28-11-9-27(10-12-28)13-14-30)24(32)29(23(21)31)20-15-17(25)5-8-19(20)26/h3-8,15,30H,2,9-14H2,1H3. The second kappa shape index (κ2) is 9.68. The molecule has 2 aromatic carbocycles. The average Bonchev–Trinajstić information content (AvgIpc) is 3.07. The fraction of sp³-hybridized carbons (Fsp3) is 0.333. The number of ether oxygens (including phenoxy) is 1. The molecule has 2 heterocycles. The minimum atomic E-state index is -0.863. The lowest BCUT2D eigenvalue weighted by Gasteiger charge is -2.36. The topological polar surface area (TPSA) is 73.3 Å². The molecule has 2 aliphatic rings. The number of imide groups is 1. The third-order valence-corrected chi connectivity index (χ3v) is 5.77. The normalized spacial score (nSPS) is 17.3. The lowest BCUT2D eigenvalue weighted by Crippen LogP contribution is -2.48. The molecule has 1 N–H and O–H groups in total. The van der Waals surface area contributed by atoms with Crippen LogP contribution in [0.4, 0.5) is 14.5 Å². The van der Waals surface area contributed by atoms with Gasteiger partial charge in [0.15, 0.2) is 0 Å². The maximum Gasteiger partial charge on any atom is 0.282 e. The van der Waals surface area contributed by atoms with Crippen molar-refractivity contribution in [2.75, 3.05) is 50.8 Å². The number of halogens is 2. The summed E-state index contributed by atoms with van der Waals surface area (Å²) in [5, 5.41) is 9.19. The molecule has 1 saturated heterocycles. The van der Waals surface area contributed by atoms with Crippen LogP contribution in [0.5, 0.6) is 5.75 Å². The number of carbonyl (C=O) groups excluding carboxylic acids is 2. The van der Waals surface area contributed by atoms with Crippen LogP contribution in [0, 0.1) is 11.6 Å². The van der Waals surface area contributed by atoms with Crippen molar-refractivity contribution in [3.05, 3.63) is 65.4 Å². The van der Waals surface area contributed by atoms with E-state index in [1.807, 2.05) is 6.92 Å². The first-order valence-electron chi connectivity index (χ1n) is 10.8. The predicted molar refractivity (Wildman–Crippen MR) is 118 cm³/mol. The summed E-state index contributed by atoms with van der Waals surface area (Å²) in [6, 6.07) is 9.44. The quantitative estimate of drug-likeness (QED) is 0.643. The van der Waals surface area contributed by atoms with Gasteiger partial charge in [0.1, 0.15) is 23.1 Å². The van der Waals surface area contributed by atoms with Crippen molar-refractivity contribution in [2.24, 2.45) is 0 Å². The molecule has 0 spiro atoms. The van der Waals surface area contributed by atoms with E-state index in [-0.39, 0.29) is 17.9 Å². The van der Waals surface area contributed by atoms with Crippen molar-refractivity contribution in [1.29, 1.82) is 0 Å². The van der Waals surface area contributed by atoms with E-state index in [1.54, 1.807) is 29.2 Å². The molecule has 1 fully saturated rings. The van der Waals surface area contributed by atoms with Crippen LogP contribution in [0.15, 0.2) is 48.2 Å². The molecule has 0 radical (unpaired) electrons. The Kier molecular flexibility index (Phi) is 6.71. The number of hydrogen-bond donors (Lipinski definition) is 1. The minimum absolute atomic E-state index is 0.0319. The van der Waals surface area contributed by atoms with Gasteiger partial charge < -0.3 is 14.7 Å². The van der Waals surface area contributed by atoms with E-state index >= 15 is 0 Å². The summed E-state index contributed by atoms with van der Waals surface area (Å²) >= 11 is 0. The van der Waals surface area contributed by atoms with E-state index in [0.29, 0.717) is 55.5 Å². The van der Waals surface area contributed by atoms with Crippen LogP contribution in [-0.4, -0.2) is 72.7 Å². The summed E-state index contributed by atoms with van der Waals surface area (Å²) in [6.45, 7) is 4.98. The third-order valence-electron chi connectivity index (χ3n) is 5.77. The number of piperazine rings is 1. The molecular formula is C24H25F2N3O4. The van der Waals surface area contributed by atoms with Crippen molar-refractivity contribution >= 4 is 23.1 Å². The van der Waals surface area contributed by atoms with E-state index in [1.165, 1.54) is 0 Å². The third kappa shape index (κ3) is 4.46. The zero-order chi connectivity index (χ0) is 23.5. The summed E-state index contributed by atoms with van der Waals surface area (Å²) in [6.07, 6.45) is 0. The first-order chi connectivity index (χ1) is 15.9. The van der Waals surface area contributed by atoms with Gasteiger partial charge in [-0.05, 0) is 36.8 Å². The average molecular weight is 457 g/mol. The summed E-state index contributed by atoms with van der Waals surface area (Å²) in [5.41, 5.74) is 0.380. The van der Waals surface area contributed by atoms with Crippen molar-refractivity contribution in [3.8, 4) is 5.75 Å². The monoisotopic (exact) mass is 457 g/mol. The van der Waals surface area contributed by atoms with Gasteiger partial charge >= 0.3 is 0 Å². The number of aliphatic hydroxyl groups excluding tert-OH is 1. The highest BCUT2D eigenvalue weighted by molar-refractivity contribution is 6.45. The Morgan fingerprint density at radius 1 is 0.970 bits per heavy atom. The van der Waals surface area contributed by atoms with E-state index in [4.69, 9.17) is 4.74 Å². The molecule has 9 heteroatoms. The van der Waals surface area contributed by atoms with E-state index in [9.17, 15) is 23.5 Å². The number of aliphatic hydroxyl groups is 1. The van der Waals surface area contributed by atoms with Gasteiger partial charge in [0, 0.05) is 38.8 Å². The van der Waals surface area contributed by atoms with Gasteiger partial charge in [-0.1, -0.05) is 12.1 Å². The highest BCUT2D eigenvalue weighted by atomic mass is 19.1. The molecule has 0 saturated carbocycles. The molecule has 174 valence electrons. The zero-order valence-corrected chi connectivity index (χ0v) is 18.3. The number of benzene rings is 2. The van der Waals surface area contributed by atoms with Crippen LogP contribution in [0.3, 0.4) is 0 Å². The number of carbonyl (C=O) groups is 2. The molecule has 7 nitrogen and oxygen atoms in total. The maximum absolute atomic E-state index is 14.5. The van der Waals surface area contributed by atoms with Crippen LogP contribution < -0.4 is 9.64 Å². The van der Waals surface area contributed by atoms with Crippen LogP contribution in [-0.2, 0) is 9.59 Å². The number of nitrogens with zero attached hydrogens (tertiary/aromatic N) is 3. The molecule has 33 heavy (non-hydrogen) atoms. The van der Waals surface area contributed by atoms with Crippen LogP contribution in [0.2, 0.25) is 0 Å². The molecule has 0 atom stereocenters. The highest BCUT2D eigenvalue weighted by Crippen LogP contribution is 2.36. The Balaban J connectivity index is 1.75. The first kappa shape index (κ1) is 22.9. The van der Waals surface area contributed by atoms with Crippen molar-refractivity contribution < 1.29 is 28.2 Å². The van der Waals surface area contributed by atoms with Crippen molar-refractivity contribution in [3.63, 3.8) is 0 Å². The summed E-state index contributed by atoms with van der Waals surface area (Å²) < 4.78 is 33.9. The number of amides is 2. The van der Waals surface area contributed by atoms with Gasteiger partial charge in [-0.2, -0.15) is 0 Å². The SMILES string of the molecule is CCOc1ccc(C2=C(N3CCN(CCO)CC3)C(=O)N(c3cc(F)ccc3F)C2=O)cc1. The van der Waals surface area contributed by atoms with Gasteiger partial charge in [0.05, 0.1) is 24.5 Å². The summed E-state index contributed by atoms with van der Waals surface area (Å²) in [4.78, 5) is 31.5. The smallest absolute Gasteiger partial charge is 0.282 e. The number of anilines is 1. The first-order valence-corrected chi connectivity index (χ1v) is 10.8. The summed E-state index contributed by atoms with van der Waals surface area (Å²) in [5.74, 6) is -2.39. The molecule has 2 aliphatic heterocycles. The second-order valence-electron chi connectivity index (χ2n) is 7.77. The fourth-order valence-corrected chi connectivity index (χ4v) is 4.17. The van der Waals surface area contributed by atoms with Gasteiger partial charge in [0.2, 0.25) is 0 Å². The van der Waals surface area contributed by atoms with E-state index in [0.717, 1.165) is 18.2 Å². The molecular weight excluding hydrogens is 432 g/mol. The second-order valence-corrected chi connectivity index (χ2v) is 7.77. The zero-order valence-electron chi connectivity index (χ0n) is 18.3.